The molecule has 0 aliphatic carbocycles. The maximum absolute atomic E-state index is 12.4. The van der Waals surface area contributed by atoms with E-state index in [1.807, 2.05) is 42.5 Å². The van der Waals surface area contributed by atoms with Crippen molar-refractivity contribution < 1.29 is 19.1 Å². The highest BCUT2D eigenvalue weighted by atomic mass is 16.5. The van der Waals surface area contributed by atoms with Crippen LogP contribution in [0, 0.1) is 0 Å². The summed E-state index contributed by atoms with van der Waals surface area (Å²) in [5.41, 5.74) is 7.93. The van der Waals surface area contributed by atoms with Gasteiger partial charge in [-0.25, -0.2) is 0 Å². The van der Waals surface area contributed by atoms with E-state index in [0.717, 1.165) is 16.7 Å². The van der Waals surface area contributed by atoms with Crippen LogP contribution in [-0.4, -0.2) is 46.2 Å². The van der Waals surface area contributed by atoms with Gasteiger partial charge in [-0.3, -0.25) is 20.4 Å². The Hall–Kier alpha value is -4.73. The minimum atomic E-state index is -0.417. The first-order valence-electron chi connectivity index (χ1n) is 11.3. The number of benzene rings is 3. The zero-order valence-corrected chi connectivity index (χ0v) is 20.0. The van der Waals surface area contributed by atoms with Crippen LogP contribution in [0.1, 0.15) is 27.9 Å². The smallest absolute Gasteiger partial charge is 0.269 e. The van der Waals surface area contributed by atoms with Crippen molar-refractivity contribution in [2.45, 2.75) is 19.4 Å². The van der Waals surface area contributed by atoms with Gasteiger partial charge in [-0.15, -0.1) is 10.2 Å². The zero-order valence-electron chi connectivity index (χ0n) is 20.0. The molecule has 3 aromatic carbocycles. The summed E-state index contributed by atoms with van der Waals surface area (Å²) in [5.74, 6) is 1.00. The third-order valence-corrected chi connectivity index (χ3v) is 5.45. The molecule has 2 N–H and O–H groups in total. The second-order valence-electron chi connectivity index (χ2n) is 7.86. The van der Waals surface area contributed by atoms with Gasteiger partial charge < -0.3 is 9.47 Å². The number of nitrogens with one attached hydrogen (secondary N) is 2. The van der Waals surface area contributed by atoms with Crippen molar-refractivity contribution in [2.75, 3.05) is 14.2 Å². The first-order chi connectivity index (χ1) is 17.6. The number of carbonyl (C=O) groups excluding carboxylic acids is 2. The minimum Gasteiger partial charge on any atom is -0.493 e. The molecule has 0 unspecified atom stereocenters. The molecule has 184 valence electrons. The van der Waals surface area contributed by atoms with Crippen molar-refractivity contribution in [3.05, 3.63) is 89.5 Å². The Bertz CT molecular complexity index is 1320. The molecular formula is C26H26N6O4. The predicted molar refractivity (Wildman–Crippen MR) is 132 cm³/mol. The highest BCUT2D eigenvalue weighted by Gasteiger charge is 2.13. The molecule has 10 nitrogen and oxygen atoms in total. The lowest BCUT2D eigenvalue weighted by Crippen LogP contribution is -2.41. The summed E-state index contributed by atoms with van der Waals surface area (Å²) in [7, 11) is 3.11. The first-order valence-corrected chi connectivity index (χ1v) is 11.3. The maximum Gasteiger partial charge on any atom is 0.269 e. The molecule has 0 aliphatic rings. The predicted octanol–water partition coefficient (Wildman–Crippen LogP) is 2.80. The number of hydrogen-bond donors (Lipinski definition) is 2. The van der Waals surface area contributed by atoms with Crippen molar-refractivity contribution >= 4 is 11.8 Å². The molecule has 0 bridgehead atoms. The van der Waals surface area contributed by atoms with Gasteiger partial charge in [0.25, 0.3) is 5.91 Å². The van der Waals surface area contributed by atoms with Crippen LogP contribution in [0.5, 0.6) is 11.5 Å². The number of methoxy groups -OCH3 is 2. The molecule has 0 saturated heterocycles. The van der Waals surface area contributed by atoms with Gasteiger partial charge in [0.05, 0.1) is 20.8 Å². The zero-order chi connectivity index (χ0) is 25.3. The van der Waals surface area contributed by atoms with Crippen LogP contribution in [0.25, 0.3) is 11.4 Å². The molecule has 0 saturated carbocycles. The molecule has 0 atom stereocenters. The second kappa shape index (κ2) is 11.6. The number of aryl methyl sites for hydroxylation is 1. The van der Waals surface area contributed by atoms with Gasteiger partial charge in [-0.2, -0.15) is 4.80 Å². The summed E-state index contributed by atoms with van der Waals surface area (Å²) in [6.45, 7) is 0.409. The molecule has 0 radical (unpaired) electrons. The van der Waals surface area contributed by atoms with E-state index in [0.29, 0.717) is 35.9 Å². The van der Waals surface area contributed by atoms with Crippen LogP contribution in [0.2, 0.25) is 0 Å². The molecule has 36 heavy (non-hydrogen) atoms. The van der Waals surface area contributed by atoms with Crippen LogP contribution in [0.4, 0.5) is 0 Å². The Morgan fingerprint density at radius 1 is 0.889 bits per heavy atom. The first kappa shape index (κ1) is 24.4. The lowest BCUT2D eigenvalue weighted by molar-refractivity contribution is -0.121. The van der Waals surface area contributed by atoms with Crippen molar-refractivity contribution in [1.29, 1.82) is 0 Å². The fourth-order valence-corrected chi connectivity index (χ4v) is 3.60. The Kier molecular flexibility index (Phi) is 7.87. The normalized spacial score (nSPS) is 10.5. The van der Waals surface area contributed by atoms with Gasteiger partial charge in [-0.1, -0.05) is 54.6 Å². The van der Waals surface area contributed by atoms with Crippen LogP contribution in [0.3, 0.4) is 0 Å². The average Bonchev–Trinajstić information content (AvgIpc) is 3.39. The van der Waals surface area contributed by atoms with Crippen LogP contribution in [-0.2, 0) is 17.8 Å². The number of amides is 2. The van der Waals surface area contributed by atoms with Crippen molar-refractivity contribution in [3.63, 3.8) is 0 Å². The number of hydrogen-bond acceptors (Lipinski definition) is 7. The Balaban J connectivity index is 1.26. The van der Waals surface area contributed by atoms with E-state index in [9.17, 15) is 9.59 Å². The molecule has 0 aliphatic heterocycles. The number of hydrazine groups is 1. The van der Waals surface area contributed by atoms with Crippen molar-refractivity contribution in [1.82, 2.24) is 31.1 Å². The third kappa shape index (κ3) is 6.03. The quantitative estimate of drug-likeness (QED) is 0.349. The third-order valence-electron chi connectivity index (χ3n) is 5.45. The van der Waals surface area contributed by atoms with E-state index in [4.69, 9.17) is 9.47 Å². The van der Waals surface area contributed by atoms with E-state index in [1.54, 1.807) is 44.6 Å². The fourth-order valence-electron chi connectivity index (χ4n) is 3.60. The molecule has 0 fully saturated rings. The number of aromatic nitrogens is 4. The molecule has 10 heteroatoms. The number of rotatable bonds is 9. The van der Waals surface area contributed by atoms with Gasteiger partial charge in [0.1, 0.15) is 0 Å². The molecule has 1 heterocycles. The summed E-state index contributed by atoms with van der Waals surface area (Å²) in [5, 5.41) is 12.6. The number of ether oxygens (including phenoxy) is 2. The van der Waals surface area contributed by atoms with Gasteiger partial charge >= 0.3 is 0 Å². The standard InChI is InChI=1S/C26H26N6O4/c1-35-22-10-6-9-19(24(22)36-2)15-16-23(33)27-29-26(34)21-13-11-18(12-14-21)17-32-30-25(28-31-32)20-7-4-3-5-8-20/h3-14H,15-17H2,1-2H3,(H,27,33)(H,29,34). The van der Waals surface area contributed by atoms with E-state index in [2.05, 4.69) is 26.3 Å². The van der Waals surface area contributed by atoms with Crippen molar-refractivity contribution in [3.8, 4) is 22.9 Å². The van der Waals surface area contributed by atoms with Crippen LogP contribution in [0.15, 0.2) is 72.8 Å². The molecule has 4 rings (SSSR count). The largest absolute Gasteiger partial charge is 0.493 e. The van der Waals surface area contributed by atoms with E-state index >= 15 is 0 Å². The lowest BCUT2D eigenvalue weighted by atomic mass is 10.1. The minimum absolute atomic E-state index is 0.165. The summed E-state index contributed by atoms with van der Waals surface area (Å²) >= 11 is 0. The highest BCUT2D eigenvalue weighted by molar-refractivity contribution is 5.95. The molecule has 2 amide bonds. The highest BCUT2D eigenvalue weighted by Crippen LogP contribution is 2.31. The number of nitrogens with zero attached hydrogens (tertiary/aromatic N) is 4. The Labute approximate surface area is 208 Å². The molecule has 0 spiro atoms. The summed E-state index contributed by atoms with van der Waals surface area (Å²) in [6.07, 6.45) is 0.595. The second-order valence-corrected chi connectivity index (χ2v) is 7.86. The molecule has 1 aromatic heterocycles. The van der Waals surface area contributed by atoms with Gasteiger partial charge in [0.15, 0.2) is 11.5 Å². The van der Waals surface area contributed by atoms with Gasteiger partial charge in [-0.05, 0) is 41.0 Å². The number of para-hydroxylation sites is 1. The van der Waals surface area contributed by atoms with Gasteiger partial charge in [0.2, 0.25) is 11.7 Å². The maximum atomic E-state index is 12.4. The Morgan fingerprint density at radius 2 is 1.67 bits per heavy atom. The van der Waals surface area contributed by atoms with E-state index in [1.165, 1.54) is 4.80 Å². The number of tetrazole rings is 1. The summed E-state index contributed by atoms with van der Waals surface area (Å²) in [6, 6.07) is 22.0. The van der Waals surface area contributed by atoms with Crippen molar-refractivity contribution in [2.24, 2.45) is 0 Å². The lowest BCUT2D eigenvalue weighted by Gasteiger charge is -2.12. The van der Waals surface area contributed by atoms with Crippen LogP contribution >= 0.6 is 0 Å². The summed E-state index contributed by atoms with van der Waals surface area (Å²) in [4.78, 5) is 26.2. The van der Waals surface area contributed by atoms with E-state index < -0.39 is 5.91 Å². The molecule has 4 aromatic rings. The number of carbonyl (C=O) groups is 2. The topological polar surface area (TPSA) is 120 Å². The summed E-state index contributed by atoms with van der Waals surface area (Å²) < 4.78 is 10.7. The van der Waals surface area contributed by atoms with Crippen LogP contribution < -0.4 is 20.3 Å². The fraction of sp³-hybridized carbons (Fsp3) is 0.192. The van der Waals surface area contributed by atoms with Gasteiger partial charge in [0, 0.05) is 17.5 Å². The average molecular weight is 487 g/mol. The van der Waals surface area contributed by atoms with E-state index in [-0.39, 0.29) is 12.3 Å². The Morgan fingerprint density at radius 3 is 2.39 bits per heavy atom. The monoisotopic (exact) mass is 486 g/mol. The molecular weight excluding hydrogens is 460 g/mol. The SMILES string of the molecule is COc1cccc(CCC(=O)NNC(=O)c2ccc(Cn3nnc(-c4ccccc4)n3)cc2)c1OC.